The van der Waals surface area contributed by atoms with Crippen molar-refractivity contribution in [3.63, 3.8) is 0 Å². The number of rotatable bonds is 16. The Balaban J connectivity index is 0.000000179. The summed E-state index contributed by atoms with van der Waals surface area (Å²) in [7, 11) is 0. The van der Waals surface area contributed by atoms with Gasteiger partial charge in [0.25, 0.3) is 17.0 Å². The molecule has 13 rings (SSSR count). The molecule has 12 aromatic rings. The number of benzene rings is 6. The molecule has 26 heteroatoms. The second kappa shape index (κ2) is 29.9. The van der Waals surface area contributed by atoms with Crippen LogP contribution >= 0.6 is 59.9 Å². The number of amides is 1. The van der Waals surface area contributed by atoms with Crippen LogP contribution in [-0.2, 0) is 14.4 Å². The van der Waals surface area contributed by atoms with Gasteiger partial charge in [-0.2, -0.15) is 0 Å². The standard InChI is InChI=1S/C36H35N7O4.C29H24N8O3.3HI.V/c1-3-27(40-32-31-34(38-21-37-32)42(22-39-31)29-15-8-9-20-47-29)33-41-28-14-10-13-26(23-16-18-24(19-17-23)36(45)46-4-2)30(28)35(44)43(33)25-11-6-5-7-12-25;1-2-21(34-26-24-25(31-15-30-24)32-16-33-26)27-35-22-10-6-9-20(17-11-13-18(14-12-17)28(38)36-40)23(22)29(39)37(27)19-7-4-3-5-8-19;;;;/h5-7,10-14,16-19,21-22,27,29H,3-4,8-9,15,20H2,1-2H3,(H,37,38,40);3-16,21,40H,2H2,1H3,(H,36,38)(H2,30,31,32,33,34);3*1H;/q;;;;;+3/p-3/t27-,29?;21-;;;;/m00..../s1. The van der Waals surface area contributed by atoms with Crippen LogP contribution < -0.4 is 27.2 Å². The van der Waals surface area contributed by atoms with Gasteiger partial charge in [0.2, 0.25) is 0 Å². The number of para-hydroxylation sites is 2. The topological polar surface area (TPSA) is 277 Å². The van der Waals surface area contributed by atoms with E-state index in [1.807, 2.05) is 128 Å². The van der Waals surface area contributed by atoms with Crippen LogP contribution in [0.5, 0.6) is 0 Å². The van der Waals surface area contributed by atoms with Gasteiger partial charge in [0.15, 0.2) is 28.4 Å². The van der Waals surface area contributed by atoms with Crippen molar-refractivity contribution < 1.29 is 29.2 Å². The number of hydrogen-bond acceptors (Lipinski definition) is 17. The zero-order valence-corrected chi connectivity index (χ0v) is 57.1. The van der Waals surface area contributed by atoms with E-state index < -0.39 is 11.9 Å². The number of nitrogens with zero attached hydrogens (tertiary/aromatic N) is 11. The molecule has 3 atom stereocenters. The second-order valence-electron chi connectivity index (χ2n) is 20.7. The van der Waals surface area contributed by atoms with Gasteiger partial charge < -0.3 is 25.1 Å². The molecule has 0 bridgehead atoms. The molecule has 6 aromatic carbocycles. The van der Waals surface area contributed by atoms with Crippen LogP contribution in [0.15, 0.2) is 180 Å². The van der Waals surface area contributed by atoms with Crippen molar-refractivity contribution in [1.29, 1.82) is 0 Å². The molecule has 1 amide bonds. The number of H-pyrrole nitrogens is 1. The molecule has 1 aliphatic heterocycles. The Hall–Kier alpha value is -8.07. The number of esters is 1. The zero-order chi connectivity index (χ0) is 63.5. The Bertz CT molecular complexity index is 4670. The van der Waals surface area contributed by atoms with E-state index in [1.54, 1.807) is 70.6 Å². The van der Waals surface area contributed by atoms with E-state index in [4.69, 9.17) is 24.6 Å². The molecule has 0 spiro atoms. The van der Waals surface area contributed by atoms with E-state index in [0.717, 1.165) is 36.0 Å². The molecule has 6 aromatic heterocycles. The molecular weight excluding hydrogens is 1530 g/mol. The van der Waals surface area contributed by atoms with Gasteiger partial charge in [-0.1, -0.05) is 98.8 Å². The minimum atomic E-state index is -0.614. The SMILES string of the molecule is CCOC(=O)c1ccc(-c2cccc3nc([C@H](CC)Nc4ncnc5c4ncn5C4CCCCO4)n(-c4ccccc4)c(=O)c23)cc1.CC[C@H](Nc1ncnc2nc[nH]c12)c1nc2cccc(-c3ccc(C(=O)NO)cc3)c2c(=O)n1-c1ccccc1.[I][V]([I])[I]. The van der Waals surface area contributed by atoms with Crippen LogP contribution in [0.2, 0.25) is 0 Å². The van der Waals surface area contributed by atoms with E-state index >= 15 is 0 Å². The summed E-state index contributed by atoms with van der Waals surface area (Å²) in [5.41, 5.74) is 9.86. The molecule has 462 valence electrons. The minimum absolute atomic E-state index is 0.112. The number of aromatic nitrogens is 12. The average molecular weight is 1590 g/mol. The van der Waals surface area contributed by atoms with E-state index in [9.17, 15) is 19.2 Å². The summed E-state index contributed by atoms with van der Waals surface area (Å²) in [5, 5.41) is 16.9. The first kappa shape index (κ1) is 64.5. The number of hydroxylamine groups is 1. The molecule has 0 saturated carbocycles. The normalized spacial score (nSPS) is 13.6. The number of aromatic amines is 1. The van der Waals surface area contributed by atoms with Crippen molar-refractivity contribution in [2.45, 2.75) is 71.2 Å². The van der Waals surface area contributed by atoms with Gasteiger partial charge in [-0.15, -0.1) is 0 Å². The van der Waals surface area contributed by atoms with E-state index in [2.05, 4.69) is 105 Å². The maximum absolute atomic E-state index is 14.6. The predicted octanol–water partition coefficient (Wildman–Crippen LogP) is 13.7. The summed E-state index contributed by atoms with van der Waals surface area (Å²) >= 11 is 7.39. The van der Waals surface area contributed by atoms with Gasteiger partial charge in [-0.25, -0.2) is 50.1 Å². The van der Waals surface area contributed by atoms with Crippen LogP contribution in [0.4, 0.5) is 11.6 Å². The van der Waals surface area contributed by atoms with Gasteiger partial charge in [-0.05, 0) is 122 Å². The Morgan fingerprint density at radius 1 is 0.659 bits per heavy atom. The molecule has 0 radical (unpaired) electrons. The molecule has 1 saturated heterocycles. The fourth-order valence-corrected chi connectivity index (χ4v) is 11.0. The van der Waals surface area contributed by atoms with Crippen molar-refractivity contribution in [1.82, 2.24) is 64.0 Å². The number of carbonyl (C=O) groups is 2. The molecule has 1 unspecified atom stereocenters. The molecule has 91 heavy (non-hydrogen) atoms. The van der Waals surface area contributed by atoms with Crippen molar-refractivity contribution >= 4 is 128 Å². The van der Waals surface area contributed by atoms with Gasteiger partial charge in [-0.3, -0.25) is 33.3 Å². The number of anilines is 2. The predicted molar refractivity (Wildman–Crippen MR) is 372 cm³/mol. The van der Waals surface area contributed by atoms with Crippen LogP contribution in [0, 0.1) is 0 Å². The van der Waals surface area contributed by atoms with Gasteiger partial charge >= 0.3 is 70.8 Å². The Morgan fingerprint density at radius 3 is 1.73 bits per heavy atom. The number of ether oxygens (including phenoxy) is 2. The summed E-state index contributed by atoms with van der Waals surface area (Å²) in [5.74, 6) is 1.20. The van der Waals surface area contributed by atoms with Crippen molar-refractivity contribution in [2.75, 3.05) is 23.8 Å². The van der Waals surface area contributed by atoms with E-state index in [-0.39, 0.29) is 34.3 Å². The first-order chi connectivity index (χ1) is 44.4. The first-order valence-electron chi connectivity index (χ1n) is 29.2. The Morgan fingerprint density at radius 2 is 1.20 bits per heavy atom. The average Bonchev–Trinajstić information content (AvgIpc) is 1.39. The number of imidazole rings is 2. The summed E-state index contributed by atoms with van der Waals surface area (Å²) in [6, 6.07) is 43.0. The Kier molecular flexibility index (Phi) is 21.2. The summed E-state index contributed by atoms with van der Waals surface area (Å²) < 4.78 is 16.4. The number of fused-ring (bicyclic) bond motifs is 4. The molecule has 0 aliphatic carbocycles. The zero-order valence-electron chi connectivity index (χ0n) is 49.2. The van der Waals surface area contributed by atoms with Crippen LogP contribution in [-0.4, -0.2) is 88.9 Å². The van der Waals surface area contributed by atoms with Gasteiger partial charge in [0, 0.05) is 12.2 Å². The number of hydrogen-bond donors (Lipinski definition) is 5. The van der Waals surface area contributed by atoms with Crippen molar-refractivity contribution in [2.24, 2.45) is 0 Å². The molecule has 1 fully saturated rings. The van der Waals surface area contributed by atoms with Gasteiger partial charge in [0.05, 0.1) is 70.1 Å². The molecule has 1 aliphatic rings. The monoisotopic (exact) mass is 1590 g/mol. The van der Waals surface area contributed by atoms with Crippen LogP contribution in [0.25, 0.3) is 77.8 Å². The summed E-state index contributed by atoms with van der Waals surface area (Å²) in [4.78, 5) is 92.6. The van der Waals surface area contributed by atoms with Gasteiger partial charge in [0.1, 0.15) is 36.0 Å². The van der Waals surface area contributed by atoms with E-state index in [0.29, 0.717) is 122 Å². The third-order valence-corrected chi connectivity index (χ3v) is 15.3. The third-order valence-electron chi connectivity index (χ3n) is 15.3. The summed E-state index contributed by atoms with van der Waals surface area (Å²) in [6.45, 7) is 6.83. The van der Waals surface area contributed by atoms with Crippen molar-refractivity contribution in [3.8, 4) is 33.6 Å². The maximum atomic E-state index is 14.6. The number of carbonyl (C=O) groups excluding carboxylic acids is 2. The number of nitrogens with one attached hydrogen (secondary N) is 4. The van der Waals surface area contributed by atoms with Crippen LogP contribution in [0.3, 0.4) is 0 Å². The molecule has 7 heterocycles. The molecule has 22 nitrogen and oxygen atoms in total. The number of halogens is 3. The molecular formula is C65H59I3N15O7V. The Labute approximate surface area is 558 Å². The quantitative estimate of drug-likeness (QED) is 0.0260. The second-order valence-corrected chi connectivity index (χ2v) is 56.1. The summed E-state index contributed by atoms with van der Waals surface area (Å²) in [6.07, 6.45) is 10.4. The van der Waals surface area contributed by atoms with E-state index in [1.165, 1.54) is 12.7 Å². The van der Waals surface area contributed by atoms with Crippen LogP contribution in [0.1, 0.15) is 104 Å². The van der Waals surface area contributed by atoms with Crippen molar-refractivity contribution in [3.05, 3.63) is 214 Å². The molecule has 5 N–H and O–H groups in total. The first-order valence-corrected chi connectivity index (χ1v) is 42.7. The third kappa shape index (κ3) is 14.2. The fourth-order valence-electron chi connectivity index (χ4n) is 11.0. The fraction of sp³-hybridized carbons (Fsp3) is 0.200.